The predicted molar refractivity (Wildman–Crippen MR) is 82.9 cm³/mol. The molecule has 0 aliphatic heterocycles. The molecule has 1 amide bonds. The summed E-state index contributed by atoms with van der Waals surface area (Å²) < 4.78 is 0. The van der Waals surface area contributed by atoms with E-state index >= 15 is 0 Å². The molecule has 0 saturated heterocycles. The van der Waals surface area contributed by atoms with Crippen molar-refractivity contribution in [3.8, 4) is 0 Å². The Kier molecular flexibility index (Phi) is 5.16. The van der Waals surface area contributed by atoms with Crippen LogP contribution in [0.15, 0.2) is 54.6 Å². The average Bonchev–Trinajstić information content (AvgIpc) is 2.42. The lowest BCUT2D eigenvalue weighted by atomic mass is 10.2. The number of hydrogen-bond acceptors (Lipinski definition) is 2. The third-order valence-corrected chi connectivity index (χ3v) is 3.19. The van der Waals surface area contributed by atoms with Gasteiger partial charge in [0, 0.05) is 6.54 Å². The van der Waals surface area contributed by atoms with Crippen molar-refractivity contribution in [3.05, 3.63) is 65.2 Å². The number of hydrogen-bond donors (Lipinski definition) is 1. The fourth-order valence-electron chi connectivity index (χ4n) is 1.95. The first-order chi connectivity index (χ1) is 9.65. The van der Waals surface area contributed by atoms with Crippen LogP contribution in [0.5, 0.6) is 0 Å². The van der Waals surface area contributed by atoms with Gasteiger partial charge in [0.05, 0.1) is 17.3 Å². The Morgan fingerprint density at radius 1 is 1.10 bits per heavy atom. The van der Waals surface area contributed by atoms with Gasteiger partial charge < -0.3 is 5.32 Å². The zero-order chi connectivity index (χ0) is 14.4. The van der Waals surface area contributed by atoms with Crippen LogP contribution < -0.4 is 5.32 Å². The zero-order valence-corrected chi connectivity index (χ0v) is 12.1. The number of halogens is 1. The van der Waals surface area contributed by atoms with Gasteiger partial charge in [0.1, 0.15) is 0 Å². The van der Waals surface area contributed by atoms with Gasteiger partial charge in [0.15, 0.2) is 0 Å². The van der Waals surface area contributed by atoms with E-state index in [2.05, 4.69) is 5.32 Å². The normalized spacial score (nSPS) is 10.6. The Morgan fingerprint density at radius 2 is 1.75 bits per heavy atom. The Hall–Kier alpha value is -1.84. The highest BCUT2D eigenvalue weighted by molar-refractivity contribution is 6.33. The van der Waals surface area contributed by atoms with Crippen LogP contribution in [0.3, 0.4) is 0 Å². The SMILES string of the molecule is CN(CC(=O)Nc1ccccc1Cl)Cc1ccccc1. The van der Waals surface area contributed by atoms with Crippen molar-refractivity contribution in [2.75, 3.05) is 18.9 Å². The summed E-state index contributed by atoms with van der Waals surface area (Å²) in [5.41, 5.74) is 1.83. The second-order valence-electron chi connectivity index (χ2n) is 4.69. The fraction of sp³-hybridized carbons (Fsp3) is 0.188. The standard InChI is InChI=1S/C16H17ClN2O/c1-19(11-13-7-3-2-4-8-13)12-16(20)18-15-10-6-5-9-14(15)17/h2-10H,11-12H2,1H3,(H,18,20). The minimum Gasteiger partial charge on any atom is -0.324 e. The fourth-order valence-corrected chi connectivity index (χ4v) is 2.13. The molecule has 0 bridgehead atoms. The van der Waals surface area contributed by atoms with Crippen molar-refractivity contribution < 1.29 is 4.79 Å². The van der Waals surface area contributed by atoms with Crippen molar-refractivity contribution in [2.45, 2.75) is 6.54 Å². The molecule has 0 radical (unpaired) electrons. The molecule has 4 heteroatoms. The third kappa shape index (κ3) is 4.37. The number of likely N-dealkylation sites (N-methyl/N-ethyl adjacent to an activating group) is 1. The van der Waals surface area contributed by atoms with Crippen molar-refractivity contribution in [2.24, 2.45) is 0 Å². The number of anilines is 1. The van der Waals surface area contributed by atoms with Crippen molar-refractivity contribution >= 4 is 23.2 Å². The van der Waals surface area contributed by atoms with E-state index in [-0.39, 0.29) is 5.91 Å². The Labute approximate surface area is 124 Å². The maximum Gasteiger partial charge on any atom is 0.238 e. The number of rotatable bonds is 5. The molecule has 0 unspecified atom stereocenters. The molecule has 0 atom stereocenters. The maximum absolute atomic E-state index is 12.0. The molecular formula is C16H17ClN2O. The van der Waals surface area contributed by atoms with Gasteiger partial charge in [-0.05, 0) is 24.7 Å². The van der Waals surface area contributed by atoms with Crippen LogP contribution in [0.1, 0.15) is 5.56 Å². The number of nitrogens with zero attached hydrogens (tertiary/aromatic N) is 1. The second-order valence-corrected chi connectivity index (χ2v) is 5.09. The van der Waals surface area contributed by atoms with E-state index in [0.717, 1.165) is 6.54 Å². The lowest BCUT2D eigenvalue weighted by Crippen LogP contribution is -2.29. The van der Waals surface area contributed by atoms with Gasteiger partial charge in [-0.15, -0.1) is 0 Å². The molecule has 0 heterocycles. The molecule has 0 fully saturated rings. The predicted octanol–water partition coefficient (Wildman–Crippen LogP) is 3.41. The molecule has 1 N–H and O–H groups in total. The molecule has 20 heavy (non-hydrogen) atoms. The van der Waals surface area contributed by atoms with Gasteiger partial charge in [-0.3, -0.25) is 9.69 Å². The van der Waals surface area contributed by atoms with E-state index in [4.69, 9.17) is 11.6 Å². The smallest absolute Gasteiger partial charge is 0.238 e. The van der Waals surface area contributed by atoms with Crippen molar-refractivity contribution in [3.63, 3.8) is 0 Å². The monoisotopic (exact) mass is 288 g/mol. The van der Waals surface area contributed by atoms with E-state index in [0.29, 0.717) is 17.3 Å². The van der Waals surface area contributed by atoms with Crippen LogP contribution in [0.25, 0.3) is 0 Å². The molecule has 2 aromatic rings. The van der Waals surface area contributed by atoms with Gasteiger partial charge >= 0.3 is 0 Å². The second kappa shape index (κ2) is 7.08. The van der Waals surface area contributed by atoms with Crippen LogP contribution in [0, 0.1) is 0 Å². The summed E-state index contributed by atoms with van der Waals surface area (Å²) in [5.74, 6) is -0.0727. The van der Waals surface area contributed by atoms with Gasteiger partial charge in [-0.25, -0.2) is 0 Å². The largest absolute Gasteiger partial charge is 0.324 e. The number of carbonyl (C=O) groups is 1. The first-order valence-corrected chi connectivity index (χ1v) is 6.80. The molecule has 104 valence electrons. The summed E-state index contributed by atoms with van der Waals surface area (Å²) >= 11 is 6.01. The molecule has 0 aromatic heterocycles. The zero-order valence-electron chi connectivity index (χ0n) is 11.3. The minimum atomic E-state index is -0.0727. The van der Waals surface area contributed by atoms with Crippen molar-refractivity contribution in [1.29, 1.82) is 0 Å². The van der Waals surface area contributed by atoms with Crippen molar-refractivity contribution in [1.82, 2.24) is 4.90 Å². The van der Waals surface area contributed by atoms with Gasteiger partial charge in [-0.1, -0.05) is 54.1 Å². The number of carbonyl (C=O) groups excluding carboxylic acids is 1. The minimum absolute atomic E-state index is 0.0727. The number of nitrogens with one attached hydrogen (secondary N) is 1. The van der Waals surface area contributed by atoms with Gasteiger partial charge in [0.2, 0.25) is 5.91 Å². The van der Waals surface area contributed by atoms with E-state index in [1.807, 2.05) is 54.4 Å². The number of amides is 1. The Balaban J connectivity index is 1.87. The van der Waals surface area contributed by atoms with Crippen LogP contribution in [0.2, 0.25) is 5.02 Å². The quantitative estimate of drug-likeness (QED) is 0.914. The summed E-state index contributed by atoms with van der Waals surface area (Å²) in [6.07, 6.45) is 0. The summed E-state index contributed by atoms with van der Waals surface area (Å²) in [5, 5.41) is 3.36. The highest BCUT2D eigenvalue weighted by Crippen LogP contribution is 2.20. The molecule has 0 aliphatic carbocycles. The average molecular weight is 289 g/mol. The molecule has 2 aromatic carbocycles. The van der Waals surface area contributed by atoms with E-state index in [1.165, 1.54) is 5.56 Å². The molecule has 3 nitrogen and oxygen atoms in total. The molecule has 2 rings (SSSR count). The third-order valence-electron chi connectivity index (χ3n) is 2.86. The van der Waals surface area contributed by atoms with Crippen LogP contribution in [0.4, 0.5) is 5.69 Å². The summed E-state index contributed by atoms with van der Waals surface area (Å²) in [6, 6.07) is 17.3. The topological polar surface area (TPSA) is 32.3 Å². The van der Waals surface area contributed by atoms with Crippen LogP contribution in [-0.4, -0.2) is 24.4 Å². The van der Waals surface area contributed by atoms with E-state index < -0.39 is 0 Å². The van der Waals surface area contributed by atoms with E-state index in [1.54, 1.807) is 12.1 Å². The Bertz CT molecular complexity index is 572. The Morgan fingerprint density at radius 3 is 2.45 bits per heavy atom. The van der Waals surface area contributed by atoms with Crippen LogP contribution in [-0.2, 0) is 11.3 Å². The summed E-state index contributed by atoms with van der Waals surface area (Å²) in [7, 11) is 1.92. The number of benzene rings is 2. The highest BCUT2D eigenvalue weighted by atomic mass is 35.5. The highest BCUT2D eigenvalue weighted by Gasteiger charge is 2.08. The van der Waals surface area contributed by atoms with Gasteiger partial charge in [-0.2, -0.15) is 0 Å². The molecular weight excluding hydrogens is 272 g/mol. The molecule has 0 saturated carbocycles. The molecule has 0 spiro atoms. The van der Waals surface area contributed by atoms with Crippen LogP contribution >= 0.6 is 11.6 Å². The maximum atomic E-state index is 12.0. The first-order valence-electron chi connectivity index (χ1n) is 6.42. The summed E-state index contributed by atoms with van der Waals surface area (Å²) in [4.78, 5) is 13.9. The first kappa shape index (κ1) is 14.6. The van der Waals surface area contributed by atoms with E-state index in [9.17, 15) is 4.79 Å². The lowest BCUT2D eigenvalue weighted by Gasteiger charge is -2.16. The lowest BCUT2D eigenvalue weighted by molar-refractivity contribution is -0.117. The molecule has 0 aliphatic rings. The summed E-state index contributed by atoms with van der Waals surface area (Å²) in [6.45, 7) is 1.05. The van der Waals surface area contributed by atoms with Gasteiger partial charge in [0.25, 0.3) is 0 Å². The number of para-hydroxylation sites is 1.